The number of nitrogens with one attached hydrogen (secondary N) is 2. The van der Waals surface area contributed by atoms with Crippen LogP contribution >= 0.6 is 12.6 Å². The Bertz CT molecular complexity index is 1370. The van der Waals surface area contributed by atoms with Gasteiger partial charge >= 0.3 is 6.09 Å². The maximum absolute atomic E-state index is 14.1. The number of anilines is 1. The molecule has 0 heterocycles. The van der Waals surface area contributed by atoms with Crippen LogP contribution in [0.5, 0.6) is 0 Å². The van der Waals surface area contributed by atoms with Crippen LogP contribution in [0.2, 0.25) is 0 Å². The molecule has 0 saturated carbocycles. The van der Waals surface area contributed by atoms with E-state index in [0.717, 1.165) is 21.9 Å². The van der Waals surface area contributed by atoms with E-state index < -0.39 is 29.7 Å². The molecule has 0 aliphatic rings. The van der Waals surface area contributed by atoms with Crippen LogP contribution in [-0.2, 0) is 14.3 Å². The number of aryl methyl sites for hydroxylation is 2. The average molecular weight is 564 g/mol. The minimum Gasteiger partial charge on any atom is -0.444 e. The van der Waals surface area contributed by atoms with Crippen molar-refractivity contribution in [1.82, 2.24) is 10.2 Å². The Hall–Kier alpha value is -3.52. The molecule has 3 unspecified atom stereocenters. The Labute approximate surface area is 243 Å². The van der Waals surface area contributed by atoms with E-state index in [4.69, 9.17) is 4.74 Å². The number of nitrogens with zero attached hydrogens (tertiary/aromatic N) is 1. The fourth-order valence-electron chi connectivity index (χ4n) is 4.64. The van der Waals surface area contributed by atoms with Crippen molar-refractivity contribution in [1.29, 1.82) is 0 Å². The number of amides is 3. The lowest BCUT2D eigenvalue weighted by molar-refractivity contribution is -0.142. The minimum absolute atomic E-state index is 0.0386. The molecule has 2 N–H and O–H groups in total. The number of hydrogen-bond acceptors (Lipinski definition) is 5. The van der Waals surface area contributed by atoms with E-state index in [2.05, 4.69) is 23.3 Å². The van der Waals surface area contributed by atoms with Crippen LogP contribution in [-0.4, -0.2) is 46.2 Å². The van der Waals surface area contributed by atoms with E-state index in [1.165, 1.54) is 0 Å². The van der Waals surface area contributed by atoms with Gasteiger partial charge in [-0.1, -0.05) is 61.0 Å². The van der Waals surface area contributed by atoms with E-state index in [-0.39, 0.29) is 17.7 Å². The fourth-order valence-corrected chi connectivity index (χ4v) is 4.89. The average Bonchev–Trinajstić information content (AvgIpc) is 2.89. The highest BCUT2D eigenvalue weighted by Gasteiger charge is 2.38. The van der Waals surface area contributed by atoms with Crippen molar-refractivity contribution < 1.29 is 19.1 Å². The monoisotopic (exact) mass is 563 g/mol. The minimum atomic E-state index is -0.992. The number of carbonyl (C=O) groups is 3. The zero-order valence-electron chi connectivity index (χ0n) is 24.4. The highest BCUT2D eigenvalue weighted by atomic mass is 32.1. The molecule has 0 aliphatic heterocycles. The molecule has 0 fully saturated rings. The normalized spacial score (nSPS) is 13.7. The van der Waals surface area contributed by atoms with Crippen LogP contribution in [0.3, 0.4) is 0 Å². The Kier molecular flexibility index (Phi) is 10.3. The topological polar surface area (TPSA) is 87.7 Å². The smallest absolute Gasteiger partial charge is 0.408 e. The van der Waals surface area contributed by atoms with Gasteiger partial charge in [-0.3, -0.25) is 9.59 Å². The predicted molar refractivity (Wildman–Crippen MR) is 165 cm³/mol. The molecule has 40 heavy (non-hydrogen) atoms. The number of thiol groups is 1. The second kappa shape index (κ2) is 13.2. The van der Waals surface area contributed by atoms with Crippen molar-refractivity contribution in [3.8, 4) is 0 Å². The number of benzene rings is 3. The lowest BCUT2D eigenvalue weighted by Gasteiger charge is -2.38. The van der Waals surface area contributed by atoms with Gasteiger partial charge in [0.05, 0.1) is 0 Å². The van der Waals surface area contributed by atoms with Crippen molar-refractivity contribution >= 4 is 47.0 Å². The Morgan fingerprint density at radius 3 is 2.25 bits per heavy atom. The largest absolute Gasteiger partial charge is 0.444 e. The molecule has 0 saturated heterocycles. The van der Waals surface area contributed by atoms with Crippen LogP contribution < -0.4 is 10.6 Å². The summed E-state index contributed by atoms with van der Waals surface area (Å²) in [5.74, 6) is -0.711. The van der Waals surface area contributed by atoms with E-state index in [9.17, 15) is 14.4 Å². The Morgan fingerprint density at radius 1 is 0.975 bits per heavy atom. The zero-order chi connectivity index (χ0) is 29.6. The summed E-state index contributed by atoms with van der Waals surface area (Å²) < 4.78 is 5.39. The highest BCUT2D eigenvalue weighted by molar-refractivity contribution is 7.80. The van der Waals surface area contributed by atoms with Crippen LogP contribution in [0.1, 0.15) is 63.8 Å². The van der Waals surface area contributed by atoms with Crippen molar-refractivity contribution in [2.45, 2.75) is 78.6 Å². The molecule has 0 aromatic heterocycles. The molecule has 0 spiro atoms. The van der Waals surface area contributed by atoms with E-state index >= 15 is 0 Å². The molecule has 3 amide bonds. The molecule has 0 bridgehead atoms. The molecule has 3 aromatic carbocycles. The lowest BCUT2D eigenvalue weighted by Crippen LogP contribution is -2.55. The lowest BCUT2D eigenvalue weighted by atomic mass is 9.95. The molecule has 3 atom stereocenters. The maximum atomic E-state index is 14.1. The first kappa shape index (κ1) is 31.0. The van der Waals surface area contributed by atoms with Crippen molar-refractivity contribution in [2.24, 2.45) is 0 Å². The summed E-state index contributed by atoms with van der Waals surface area (Å²) in [6, 6.07) is 17.2. The van der Waals surface area contributed by atoms with Gasteiger partial charge in [0.2, 0.25) is 5.91 Å². The number of hydrogen-bond donors (Lipinski definition) is 3. The Balaban J connectivity index is 2.05. The molecule has 0 radical (unpaired) electrons. The molecule has 214 valence electrons. The highest BCUT2D eigenvalue weighted by Crippen LogP contribution is 2.31. The number of fused-ring (bicyclic) bond motifs is 1. The van der Waals surface area contributed by atoms with Gasteiger partial charge < -0.3 is 20.3 Å². The Morgan fingerprint density at radius 2 is 1.65 bits per heavy atom. The molecule has 0 aliphatic carbocycles. The van der Waals surface area contributed by atoms with E-state index in [0.29, 0.717) is 17.7 Å². The second-order valence-corrected chi connectivity index (χ2v) is 11.6. The molecule has 8 heteroatoms. The number of ether oxygens (including phenoxy) is 1. The van der Waals surface area contributed by atoms with Gasteiger partial charge in [-0.05, 0) is 82.0 Å². The fraction of sp³-hybridized carbons (Fsp3) is 0.406. The zero-order valence-corrected chi connectivity index (χ0v) is 25.3. The summed E-state index contributed by atoms with van der Waals surface area (Å²) in [6.07, 6.45) is -0.116. The van der Waals surface area contributed by atoms with Gasteiger partial charge in [0.15, 0.2) is 0 Å². The van der Waals surface area contributed by atoms with E-state index in [1.54, 1.807) is 25.7 Å². The van der Waals surface area contributed by atoms with Gasteiger partial charge in [-0.2, -0.15) is 12.6 Å². The first-order chi connectivity index (χ1) is 18.8. The van der Waals surface area contributed by atoms with Crippen LogP contribution in [0.15, 0.2) is 60.7 Å². The summed E-state index contributed by atoms with van der Waals surface area (Å²) in [5.41, 5.74) is 2.56. The van der Waals surface area contributed by atoms with Gasteiger partial charge in [-0.15, -0.1) is 0 Å². The number of carbonyl (C=O) groups excluding carboxylic acids is 3. The van der Waals surface area contributed by atoms with E-state index in [1.807, 2.05) is 88.4 Å². The van der Waals surface area contributed by atoms with Gasteiger partial charge in [-0.25, -0.2) is 4.79 Å². The van der Waals surface area contributed by atoms with Crippen molar-refractivity contribution in [3.05, 3.63) is 77.4 Å². The first-order valence-electron chi connectivity index (χ1n) is 13.6. The standard InChI is InChI=1S/C32H41N3O4S/c1-8-22(4)35(30(37)27(19-40)34-31(38)39-32(5,6)7)28(26-16-13-20(2)17-21(26)3)29(36)33-25-15-14-23-11-9-10-12-24(23)18-25/h9-18,22,27-28,40H,8,19H2,1-7H3,(H,33,36)(H,34,38). The third-order valence-electron chi connectivity index (χ3n) is 6.76. The molecule has 7 nitrogen and oxygen atoms in total. The number of alkyl carbamates (subject to hydrolysis) is 1. The summed E-state index contributed by atoms with van der Waals surface area (Å²) in [5, 5.41) is 7.77. The molecular formula is C32H41N3O4S. The number of rotatable bonds is 9. The maximum Gasteiger partial charge on any atom is 0.408 e. The van der Waals surface area contributed by atoms with Crippen LogP contribution in [0.25, 0.3) is 10.8 Å². The quantitative estimate of drug-likeness (QED) is 0.257. The third-order valence-corrected chi connectivity index (χ3v) is 7.12. The van der Waals surface area contributed by atoms with Gasteiger partial charge in [0.1, 0.15) is 17.7 Å². The van der Waals surface area contributed by atoms with Crippen LogP contribution in [0, 0.1) is 13.8 Å². The first-order valence-corrected chi connectivity index (χ1v) is 14.3. The van der Waals surface area contributed by atoms with Crippen molar-refractivity contribution in [2.75, 3.05) is 11.1 Å². The SMILES string of the molecule is CCC(C)N(C(=O)C(CS)NC(=O)OC(C)(C)C)C(C(=O)Nc1ccc2ccccc2c1)c1ccc(C)cc1C. The summed E-state index contributed by atoms with van der Waals surface area (Å²) in [4.78, 5) is 42.4. The second-order valence-electron chi connectivity index (χ2n) is 11.2. The summed E-state index contributed by atoms with van der Waals surface area (Å²) in [7, 11) is 0. The molecular weight excluding hydrogens is 522 g/mol. The summed E-state index contributed by atoms with van der Waals surface area (Å²) in [6.45, 7) is 13.0. The molecule has 3 rings (SSSR count). The van der Waals surface area contributed by atoms with Gasteiger partial charge in [0, 0.05) is 17.5 Å². The predicted octanol–water partition coefficient (Wildman–Crippen LogP) is 6.59. The van der Waals surface area contributed by atoms with Crippen molar-refractivity contribution in [3.63, 3.8) is 0 Å². The van der Waals surface area contributed by atoms with Crippen LogP contribution in [0.4, 0.5) is 10.5 Å². The molecule has 3 aromatic rings. The summed E-state index contributed by atoms with van der Waals surface area (Å²) >= 11 is 4.37. The van der Waals surface area contributed by atoms with Gasteiger partial charge in [0.25, 0.3) is 5.91 Å². The third kappa shape index (κ3) is 7.78.